The number of methoxy groups -OCH3 is 2. The maximum atomic E-state index is 5.48. The van der Waals surface area contributed by atoms with Gasteiger partial charge in [0, 0.05) is 11.6 Å². The van der Waals surface area contributed by atoms with Crippen LogP contribution in [0.4, 0.5) is 0 Å². The molecule has 0 radical (unpaired) electrons. The van der Waals surface area contributed by atoms with Gasteiger partial charge in [0.05, 0.1) is 14.2 Å². The third-order valence-electron chi connectivity index (χ3n) is 3.71. The van der Waals surface area contributed by atoms with Gasteiger partial charge in [-0.25, -0.2) is 0 Å². The molecule has 3 aromatic rings. The Balaban J connectivity index is 1.96. The van der Waals surface area contributed by atoms with Crippen LogP contribution in [-0.4, -0.2) is 14.2 Å². The van der Waals surface area contributed by atoms with Crippen molar-refractivity contribution in [2.24, 2.45) is 0 Å². The lowest BCUT2D eigenvalue weighted by molar-refractivity contribution is 0.395. The zero-order valence-corrected chi connectivity index (χ0v) is 12.7. The maximum Gasteiger partial charge on any atom is 0.130 e. The second-order valence-corrected chi connectivity index (χ2v) is 5.01. The first-order valence-electron chi connectivity index (χ1n) is 7.19. The Morgan fingerprint density at radius 1 is 0.591 bits per heavy atom. The summed E-state index contributed by atoms with van der Waals surface area (Å²) in [6.45, 7) is 0. The molecule has 0 fully saturated rings. The molecule has 0 aliphatic rings. The summed E-state index contributed by atoms with van der Waals surface area (Å²) < 4.78 is 10.7. The van der Waals surface area contributed by atoms with Gasteiger partial charge in [-0.05, 0) is 28.8 Å². The van der Waals surface area contributed by atoms with Gasteiger partial charge < -0.3 is 9.47 Å². The monoisotopic (exact) mass is 290 g/mol. The van der Waals surface area contributed by atoms with Gasteiger partial charge in [0.25, 0.3) is 0 Å². The molecule has 0 unspecified atom stereocenters. The number of rotatable bonds is 4. The predicted octanol–water partition coefficient (Wildman–Crippen LogP) is 5.04. The molecule has 0 heterocycles. The predicted molar refractivity (Wildman–Crippen MR) is 90.4 cm³/mol. The van der Waals surface area contributed by atoms with Gasteiger partial charge in [-0.2, -0.15) is 0 Å². The van der Waals surface area contributed by atoms with E-state index in [1.54, 1.807) is 14.2 Å². The zero-order valence-electron chi connectivity index (χ0n) is 12.7. The molecule has 2 nitrogen and oxygen atoms in total. The van der Waals surface area contributed by atoms with Crippen molar-refractivity contribution in [3.63, 3.8) is 0 Å². The number of hydrogen-bond acceptors (Lipinski definition) is 2. The van der Waals surface area contributed by atoms with Crippen molar-refractivity contribution in [1.29, 1.82) is 0 Å². The van der Waals surface area contributed by atoms with Crippen LogP contribution in [0.25, 0.3) is 22.3 Å². The molecule has 3 rings (SSSR count). The number of ether oxygens (including phenoxy) is 2. The molecule has 0 N–H and O–H groups in total. The van der Waals surface area contributed by atoms with Gasteiger partial charge in [-0.3, -0.25) is 0 Å². The molecule has 0 aliphatic heterocycles. The van der Waals surface area contributed by atoms with Crippen molar-refractivity contribution in [3.05, 3.63) is 72.8 Å². The molecule has 0 aromatic heterocycles. The average molecular weight is 290 g/mol. The smallest absolute Gasteiger partial charge is 0.130 e. The topological polar surface area (TPSA) is 18.5 Å². The van der Waals surface area contributed by atoms with Crippen LogP contribution in [0.15, 0.2) is 72.8 Å². The second kappa shape index (κ2) is 6.35. The number of benzene rings is 3. The van der Waals surface area contributed by atoms with Crippen LogP contribution in [0.5, 0.6) is 11.5 Å². The van der Waals surface area contributed by atoms with E-state index >= 15 is 0 Å². The zero-order chi connectivity index (χ0) is 15.4. The standard InChI is InChI=1S/C20H18O2/c1-21-18-12-13-19(20(14-18)22-2)17-10-8-16(9-11-17)15-6-4-3-5-7-15/h3-14H,1-2H3. The van der Waals surface area contributed by atoms with Gasteiger partial charge in [0.1, 0.15) is 11.5 Å². The highest BCUT2D eigenvalue weighted by atomic mass is 16.5. The van der Waals surface area contributed by atoms with Gasteiger partial charge in [0.2, 0.25) is 0 Å². The molecular formula is C20H18O2. The van der Waals surface area contributed by atoms with Crippen LogP contribution in [-0.2, 0) is 0 Å². The van der Waals surface area contributed by atoms with E-state index in [1.165, 1.54) is 11.1 Å². The van der Waals surface area contributed by atoms with E-state index in [0.717, 1.165) is 22.6 Å². The molecule has 0 saturated carbocycles. The third-order valence-corrected chi connectivity index (χ3v) is 3.71. The Kier molecular flexibility index (Phi) is 4.10. The molecular weight excluding hydrogens is 272 g/mol. The molecule has 3 aromatic carbocycles. The van der Waals surface area contributed by atoms with Crippen molar-refractivity contribution in [2.75, 3.05) is 14.2 Å². The SMILES string of the molecule is COc1ccc(-c2ccc(-c3ccccc3)cc2)c(OC)c1. The third kappa shape index (κ3) is 2.82. The Morgan fingerprint density at radius 2 is 1.23 bits per heavy atom. The first kappa shape index (κ1) is 14.2. The molecule has 0 spiro atoms. The van der Waals surface area contributed by atoms with E-state index in [-0.39, 0.29) is 0 Å². The van der Waals surface area contributed by atoms with Crippen LogP contribution in [0.2, 0.25) is 0 Å². The summed E-state index contributed by atoms with van der Waals surface area (Å²) in [4.78, 5) is 0. The minimum atomic E-state index is 0.793. The van der Waals surface area contributed by atoms with E-state index in [0.29, 0.717) is 0 Å². The fraction of sp³-hybridized carbons (Fsp3) is 0.100. The van der Waals surface area contributed by atoms with Gasteiger partial charge in [0.15, 0.2) is 0 Å². The van der Waals surface area contributed by atoms with E-state index in [2.05, 4.69) is 48.5 Å². The fourth-order valence-corrected chi connectivity index (χ4v) is 2.51. The van der Waals surface area contributed by atoms with Gasteiger partial charge in [-0.1, -0.05) is 54.6 Å². The first-order chi connectivity index (χ1) is 10.8. The van der Waals surface area contributed by atoms with Crippen molar-refractivity contribution < 1.29 is 9.47 Å². The highest BCUT2D eigenvalue weighted by Gasteiger charge is 2.07. The minimum Gasteiger partial charge on any atom is -0.497 e. The van der Waals surface area contributed by atoms with Crippen LogP contribution < -0.4 is 9.47 Å². The summed E-state index contributed by atoms with van der Waals surface area (Å²) in [5.41, 5.74) is 4.61. The molecule has 2 heteroatoms. The summed E-state index contributed by atoms with van der Waals surface area (Å²) >= 11 is 0. The largest absolute Gasteiger partial charge is 0.497 e. The normalized spacial score (nSPS) is 10.3. The molecule has 0 atom stereocenters. The summed E-state index contributed by atoms with van der Waals surface area (Å²) in [6.07, 6.45) is 0. The van der Waals surface area contributed by atoms with Gasteiger partial charge >= 0.3 is 0 Å². The quantitative estimate of drug-likeness (QED) is 0.670. The Bertz CT molecular complexity index is 746. The average Bonchev–Trinajstić information content (AvgIpc) is 2.62. The lowest BCUT2D eigenvalue weighted by Gasteiger charge is -2.11. The second-order valence-electron chi connectivity index (χ2n) is 5.01. The summed E-state index contributed by atoms with van der Waals surface area (Å²) in [7, 11) is 3.33. The van der Waals surface area contributed by atoms with Crippen LogP contribution in [0, 0.1) is 0 Å². The lowest BCUT2D eigenvalue weighted by Crippen LogP contribution is -1.90. The van der Waals surface area contributed by atoms with Crippen molar-refractivity contribution in [1.82, 2.24) is 0 Å². The number of hydrogen-bond donors (Lipinski definition) is 0. The fourth-order valence-electron chi connectivity index (χ4n) is 2.51. The summed E-state index contributed by atoms with van der Waals surface area (Å²) in [5, 5.41) is 0. The van der Waals surface area contributed by atoms with Crippen molar-refractivity contribution in [2.45, 2.75) is 0 Å². The van der Waals surface area contributed by atoms with Gasteiger partial charge in [-0.15, -0.1) is 0 Å². The summed E-state index contributed by atoms with van der Waals surface area (Å²) in [5.74, 6) is 1.60. The molecule has 0 amide bonds. The Morgan fingerprint density at radius 3 is 1.86 bits per heavy atom. The molecule has 0 saturated heterocycles. The van der Waals surface area contributed by atoms with Crippen molar-refractivity contribution >= 4 is 0 Å². The van der Waals surface area contributed by atoms with Crippen LogP contribution in [0.1, 0.15) is 0 Å². The van der Waals surface area contributed by atoms with E-state index in [4.69, 9.17) is 9.47 Å². The molecule has 110 valence electrons. The molecule has 0 aliphatic carbocycles. The lowest BCUT2D eigenvalue weighted by atomic mass is 10.00. The van der Waals surface area contributed by atoms with E-state index < -0.39 is 0 Å². The van der Waals surface area contributed by atoms with Crippen LogP contribution >= 0.6 is 0 Å². The Labute approximate surface area is 131 Å². The van der Waals surface area contributed by atoms with Crippen LogP contribution in [0.3, 0.4) is 0 Å². The highest BCUT2D eigenvalue weighted by molar-refractivity contribution is 5.74. The molecule has 0 bridgehead atoms. The highest BCUT2D eigenvalue weighted by Crippen LogP contribution is 2.34. The van der Waals surface area contributed by atoms with Crippen molar-refractivity contribution in [3.8, 4) is 33.8 Å². The van der Waals surface area contributed by atoms with E-state index in [9.17, 15) is 0 Å². The Hall–Kier alpha value is -2.74. The maximum absolute atomic E-state index is 5.48. The minimum absolute atomic E-state index is 0.793. The van der Waals surface area contributed by atoms with E-state index in [1.807, 2.05) is 24.3 Å². The molecule has 22 heavy (non-hydrogen) atoms. The first-order valence-corrected chi connectivity index (χ1v) is 7.19. The summed E-state index contributed by atoms with van der Waals surface area (Å²) in [6, 6.07) is 24.7.